The van der Waals surface area contributed by atoms with Crippen LogP contribution in [0.1, 0.15) is 111 Å². The smallest absolute Gasteiger partial charge is 0.000718 e. The summed E-state index contributed by atoms with van der Waals surface area (Å²) in [7, 11) is 0. The molecule has 0 unspecified atom stereocenters. The highest BCUT2D eigenvalue weighted by Crippen LogP contribution is 2.53. The second-order valence-electron chi connectivity index (χ2n) is 29.0. The van der Waals surface area contributed by atoms with Gasteiger partial charge in [0, 0.05) is 0 Å². The molecule has 0 N–H and O–H groups in total. The lowest BCUT2D eigenvalue weighted by molar-refractivity contribution is 1.16. The molecule has 0 amide bonds. The SMILES string of the molecule is c1ccc2c(c1)Cc1c-2ccc2c1-c1ccccc1C2.c1ccc2c(c1)Cc1c-2ccc2c1Cc1ccccc1-2.c1ccc2c(c1)Cc1cc3c(cc1-2)-c1ccccc1C3.c1ccc2c(c1)Cc1cc3c(cc1-2)Cc1ccccc1-3.c1ccc2c(c1)Cc1ccc3c(c1-2)-c1ccccc1C3. The van der Waals surface area contributed by atoms with Gasteiger partial charge in [0.05, 0.1) is 0 Å². The molecule has 0 nitrogen and oxygen atoms in total. The van der Waals surface area contributed by atoms with Crippen LogP contribution in [0.25, 0.3) is 111 Å². The Bertz CT molecular complexity index is 5660. The minimum Gasteiger partial charge on any atom is -0.0619 e. The van der Waals surface area contributed by atoms with Gasteiger partial charge < -0.3 is 0 Å². The van der Waals surface area contributed by atoms with Crippen LogP contribution >= 0.6 is 0 Å². The summed E-state index contributed by atoms with van der Waals surface area (Å²) in [5.41, 5.74) is 58.8. The van der Waals surface area contributed by atoms with Gasteiger partial charge in [0.25, 0.3) is 0 Å². The maximum atomic E-state index is 2.44. The van der Waals surface area contributed by atoms with E-state index in [-0.39, 0.29) is 0 Å². The molecule has 15 aromatic rings. The zero-order valence-electron chi connectivity index (χ0n) is 55.9. The summed E-state index contributed by atoms with van der Waals surface area (Å²) < 4.78 is 0. The van der Waals surface area contributed by atoms with E-state index >= 15 is 0 Å². The third-order valence-corrected chi connectivity index (χ3v) is 23.6. The lowest BCUT2D eigenvalue weighted by Gasteiger charge is -2.10. The zero-order chi connectivity index (χ0) is 65.5. The van der Waals surface area contributed by atoms with Crippen molar-refractivity contribution < 1.29 is 0 Å². The van der Waals surface area contributed by atoms with E-state index < -0.39 is 0 Å². The summed E-state index contributed by atoms with van der Waals surface area (Å²) in [4.78, 5) is 0. The molecule has 0 aliphatic heterocycles. The van der Waals surface area contributed by atoms with Gasteiger partial charge in [-0.3, -0.25) is 0 Å². The van der Waals surface area contributed by atoms with E-state index in [0.717, 1.165) is 64.2 Å². The monoisotopic (exact) mass is 1270 g/mol. The lowest BCUT2D eigenvalue weighted by Crippen LogP contribution is -1.90. The second-order valence-corrected chi connectivity index (χ2v) is 29.0. The zero-order valence-corrected chi connectivity index (χ0v) is 55.9. The Morgan fingerprint density at radius 2 is 0.320 bits per heavy atom. The van der Waals surface area contributed by atoms with Crippen molar-refractivity contribution in [3.05, 3.63) is 415 Å². The molecular weight excluding hydrogens is 1200 g/mol. The van der Waals surface area contributed by atoms with Crippen molar-refractivity contribution in [2.45, 2.75) is 64.2 Å². The highest BCUT2D eigenvalue weighted by molar-refractivity contribution is 5.96. The van der Waals surface area contributed by atoms with E-state index in [9.17, 15) is 0 Å². The first-order valence-electron chi connectivity index (χ1n) is 36.1. The molecule has 0 atom stereocenters. The van der Waals surface area contributed by atoms with Crippen molar-refractivity contribution in [1.29, 1.82) is 0 Å². The van der Waals surface area contributed by atoms with Crippen molar-refractivity contribution in [1.82, 2.24) is 0 Å². The third-order valence-electron chi connectivity index (χ3n) is 23.6. The quantitative estimate of drug-likeness (QED) is 0.142. The number of hydrogen-bond donors (Lipinski definition) is 0. The summed E-state index contributed by atoms with van der Waals surface area (Å²) in [6.07, 6.45) is 10.9. The highest BCUT2D eigenvalue weighted by atomic mass is 14.4. The van der Waals surface area contributed by atoms with E-state index in [0.29, 0.717) is 0 Å². The summed E-state index contributed by atoms with van der Waals surface area (Å²) in [5.74, 6) is 0. The summed E-state index contributed by atoms with van der Waals surface area (Å²) in [6, 6.07) is 112. The first-order chi connectivity index (χ1) is 49.5. The highest BCUT2D eigenvalue weighted by Gasteiger charge is 2.33. The van der Waals surface area contributed by atoms with Gasteiger partial charge in [-0.2, -0.15) is 0 Å². The molecule has 0 aromatic heterocycles. The Balaban J connectivity index is 0.0000000818. The Morgan fingerprint density at radius 3 is 0.670 bits per heavy atom. The van der Waals surface area contributed by atoms with Crippen LogP contribution in [0, 0.1) is 0 Å². The predicted octanol–water partition coefficient (Wildman–Crippen LogP) is 24.1. The Kier molecular flexibility index (Phi) is 13.2. The fraction of sp³-hybridized carbons (Fsp3) is 0.100. The van der Waals surface area contributed by atoms with Crippen LogP contribution in [0.5, 0.6) is 0 Å². The van der Waals surface area contributed by atoms with Crippen LogP contribution in [-0.2, 0) is 64.2 Å². The normalized spacial score (nSPS) is 13.6. The van der Waals surface area contributed by atoms with Crippen molar-refractivity contribution in [2.75, 3.05) is 0 Å². The number of hydrogen-bond acceptors (Lipinski definition) is 0. The van der Waals surface area contributed by atoms with Gasteiger partial charge in [-0.1, -0.05) is 285 Å². The molecule has 10 aliphatic rings. The topological polar surface area (TPSA) is 0 Å². The molecule has 0 fully saturated rings. The number of rotatable bonds is 0. The van der Waals surface area contributed by atoms with Gasteiger partial charge in [0.2, 0.25) is 0 Å². The minimum absolute atomic E-state index is 1.08. The van der Waals surface area contributed by atoms with Crippen LogP contribution in [0.3, 0.4) is 0 Å². The van der Waals surface area contributed by atoms with Gasteiger partial charge >= 0.3 is 0 Å². The number of benzene rings is 15. The van der Waals surface area contributed by atoms with Crippen LogP contribution in [0.2, 0.25) is 0 Å². The van der Waals surface area contributed by atoms with E-state index in [1.54, 1.807) is 11.1 Å². The van der Waals surface area contributed by atoms with Crippen molar-refractivity contribution in [3.8, 4) is 111 Å². The maximum absolute atomic E-state index is 2.44. The van der Waals surface area contributed by atoms with Crippen LogP contribution < -0.4 is 0 Å². The fourth-order valence-electron chi connectivity index (χ4n) is 19.1. The van der Waals surface area contributed by atoms with Crippen molar-refractivity contribution in [2.24, 2.45) is 0 Å². The summed E-state index contributed by atoms with van der Waals surface area (Å²) in [6.45, 7) is 0. The largest absolute Gasteiger partial charge is 0.0619 e. The molecule has 15 aromatic carbocycles. The van der Waals surface area contributed by atoms with Gasteiger partial charge in [-0.05, 0) is 305 Å². The van der Waals surface area contributed by atoms with Gasteiger partial charge in [-0.25, -0.2) is 0 Å². The molecule has 25 rings (SSSR count). The van der Waals surface area contributed by atoms with E-state index in [1.165, 1.54) is 211 Å². The number of fused-ring (bicyclic) bond motifs is 33. The average Bonchev–Trinajstić information content (AvgIpc) is 1.62. The van der Waals surface area contributed by atoms with Crippen LogP contribution in [0.4, 0.5) is 0 Å². The third kappa shape index (κ3) is 9.20. The first kappa shape index (κ1) is 57.4. The van der Waals surface area contributed by atoms with E-state index in [1.807, 2.05) is 0 Å². The Labute approximate surface area is 586 Å². The summed E-state index contributed by atoms with van der Waals surface area (Å²) >= 11 is 0. The fourth-order valence-corrected chi connectivity index (χ4v) is 19.1. The first-order valence-corrected chi connectivity index (χ1v) is 36.1. The minimum atomic E-state index is 1.08. The standard InChI is InChI=1S/5C20H14/c1-3-7-16-14(6-1)12-19-18(16)10-9-15-11-13-5-2-4-8-17(13)20(15)19;1-3-7-17-13(5-1)9-15-11-20-16(12-19(15)17)10-14-6-2-4-8-18(14)20;1-3-7-17-13(5-1)9-15-11-16-10-14-6-2-4-8-18(14)20(16)12-19(15)17;1-3-7-17-13(5-1)11-15-9-10-16-12-14-6-2-4-8-18(14)20(16)19(15)17;1-3-7-15-13(5-1)11-19-17(15)9-10-18-16-8-4-2-6-14(16)12-20(18)19/h1-10H,11-12H2;2*1-8,11-12H,9-10H2;2*1-10H,11-12H2. The van der Waals surface area contributed by atoms with Gasteiger partial charge in [-0.15, -0.1) is 0 Å². The van der Waals surface area contributed by atoms with E-state index in [4.69, 9.17) is 0 Å². The molecule has 0 spiro atoms. The molecule has 10 aliphatic carbocycles. The predicted molar refractivity (Wildman–Crippen MR) is 415 cm³/mol. The Hall–Kier alpha value is -11.7. The van der Waals surface area contributed by atoms with Crippen LogP contribution in [0.15, 0.2) is 303 Å². The molecule has 0 radical (unpaired) electrons. The molecule has 0 heteroatoms. The van der Waals surface area contributed by atoms with Crippen molar-refractivity contribution in [3.63, 3.8) is 0 Å². The molecule has 470 valence electrons. The molecule has 0 heterocycles. The van der Waals surface area contributed by atoms with Gasteiger partial charge in [0.1, 0.15) is 0 Å². The molecule has 0 saturated heterocycles. The molecular formula is C100H70. The maximum Gasteiger partial charge on any atom is -0.000718 e. The van der Waals surface area contributed by atoms with Crippen molar-refractivity contribution >= 4 is 0 Å². The molecule has 0 saturated carbocycles. The van der Waals surface area contributed by atoms with E-state index in [2.05, 4.69) is 303 Å². The molecule has 100 heavy (non-hydrogen) atoms. The molecule has 0 bridgehead atoms. The van der Waals surface area contributed by atoms with Crippen LogP contribution in [-0.4, -0.2) is 0 Å². The average molecular weight is 1270 g/mol. The second kappa shape index (κ2) is 23.0. The van der Waals surface area contributed by atoms with Gasteiger partial charge in [0.15, 0.2) is 0 Å². The lowest BCUT2D eigenvalue weighted by atomic mass is 9.94. The Morgan fingerprint density at radius 1 is 0.110 bits per heavy atom. The summed E-state index contributed by atoms with van der Waals surface area (Å²) in [5, 5.41) is 0.